The third-order valence-electron chi connectivity index (χ3n) is 3.43. The highest BCUT2D eigenvalue weighted by molar-refractivity contribution is 5.43. The van der Waals surface area contributed by atoms with Crippen LogP contribution in [-0.2, 0) is 6.18 Å². The zero-order valence-corrected chi connectivity index (χ0v) is 11.5. The molecule has 0 aliphatic heterocycles. The number of aliphatic hydroxyl groups is 1. The maximum Gasteiger partial charge on any atom is 0.416 e. The summed E-state index contributed by atoms with van der Waals surface area (Å²) >= 11 is 0. The van der Waals surface area contributed by atoms with Gasteiger partial charge in [-0.1, -0.05) is 17.7 Å². The molecule has 0 radical (unpaired) electrons. The van der Waals surface area contributed by atoms with Gasteiger partial charge in [0.1, 0.15) is 6.10 Å². The van der Waals surface area contributed by atoms with Gasteiger partial charge in [0, 0.05) is 12.4 Å². The van der Waals surface area contributed by atoms with Crippen LogP contribution in [0.1, 0.15) is 28.5 Å². The van der Waals surface area contributed by atoms with E-state index >= 15 is 0 Å². The number of aliphatic hydroxyl groups excluding tert-OH is 1. The van der Waals surface area contributed by atoms with Crippen LogP contribution in [0.25, 0.3) is 5.65 Å². The van der Waals surface area contributed by atoms with Crippen molar-refractivity contribution < 1.29 is 18.3 Å². The number of aryl methyl sites for hydroxylation is 1. The molecule has 2 aromatic heterocycles. The summed E-state index contributed by atoms with van der Waals surface area (Å²) in [5, 5.41) is 10.4. The van der Waals surface area contributed by atoms with E-state index in [2.05, 4.69) is 9.97 Å². The second-order valence-electron chi connectivity index (χ2n) is 4.98. The minimum absolute atomic E-state index is 0.197. The number of benzene rings is 1. The van der Waals surface area contributed by atoms with Crippen molar-refractivity contribution in [3.8, 4) is 0 Å². The molecule has 114 valence electrons. The topological polar surface area (TPSA) is 50.4 Å². The molecule has 0 bridgehead atoms. The molecule has 3 aromatic rings. The Labute approximate surface area is 123 Å². The summed E-state index contributed by atoms with van der Waals surface area (Å²) in [4.78, 5) is 7.92. The lowest BCUT2D eigenvalue weighted by Crippen LogP contribution is -2.14. The highest BCUT2D eigenvalue weighted by Gasteiger charge is 2.35. The molecule has 0 spiro atoms. The van der Waals surface area contributed by atoms with Crippen molar-refractivity contribution in [2.45, 2.75) is 19.2 Å². The van der Waals surface area contributed by atoms with Crippen LogP contribution in [0, 0.1) is 6.92 Å². The third-order valence-corrected chi connectivity index (χ3v) is 3.43. The van der Waals surface area contributed by atoms with Gasteiger partial charge in [-0.25, -0.2) is 4.98 Å². The van der Waals surface area contributed by atoms with E-state index in [1.807, 2.05) is 0 Å². The molecule has 0 amide bonds. The molecule has 1 N–H and O–H groups in total. The number of aromatic nitrogens is 3. The first-order valence-corrected chi connectivity index (χ1v) is 6.50. The first-order valence-electron chi connectivity index (χ1n) is 6.50. The molecule has 0 aliphatic rings. The van der Waals surface area contributed by atoms with E-state index < -0.39 is 17.8 Å². The van der Waals surface area contributed by atoms with E-state index in [1.54, 1.807) is 19.2 Å². The highest BCUT2D eigenvalue weighted by atomic mass is 19.4. The third kappa shape index (κ3) is 2.43. The Morgan fingerprint density at radius 1 is 1.23 bits per heavy atom. The van der Waals surface area contributed by atoms with Crippen LogP contribution in [0.2, 0.25) is 0 Å². The van der Waals surface area contributed by atoms with Crippen molar-refractivity contribution in [1.82, 2.24) is 14.4 Å². The number of hydrogen-bond acceptors (Lipinski definition) is 3. The molecule has 3 rings (SSSR count). The zero-order chi connectivity index (χ0) is 15.9. The van der Waals surface area contributed by atoms with Crippen LogP contribution in [0.15, 0.2) is 43.0 Å². The first kappa shape index (κ1) is 14.5. The minimum Gasteiger partial charge on any atom is -0.382 e. The molecule has 0 saturated carbocycles. The van der Waals surface area contributed by atoms with Crippen molar-refractivity contribution in [3.05, 3.63) is 65.4 Å². The summed E-state index contributed by atoms with van der Waals surface area (Å²) in [6, 6.07) is 3.87. The summed E-state index contributed by atoms with van der Waals surface area (Å²) < 4.78 is 41.1. The van der Waals surface area contributed by atoms with Crippen molar-refractivity contribution in [2.24, 2.45) is 0 Å². The molecule has 7 heteroatoms. The van der Waals surface area contributed by atoms with Crippen LogP contribution < -0.4 is 0 Å². The fourth-order valence-electron chi connectivity index (χ4n) is 2.38. The summed E-state index contributed by atoms with van der Waals surface area (Å²) in [7, 11) is 0. The Morgan fingerprint density at radius 3 is 2.73 bits per heavy atom. The number of rotatable bonds is 2. The van der Waals surface area contributed by atoms with Gasteiger partial charge < -0.3 is 5.11 Å². The van der Waals surface area contributed by atoms with Gasteiger partial charge in [0.05, 0.1) is 23.7 Å². The summed E-state index contributed by atoms with van der Waals surface area (Å²) in [5.74, 6) is 0. The quantitative estimate of drug-likeness (QED) is 0.791. The molecule has 4 nitrogen and oxygen atoms in total. The first-order chi connectivity index (χ1) is 10.4. The number of alkyl halides is 3. The van der Waals surface area contributed by atoms with E-state index in [-0.39, 0.29) is 11.3 Å². The van der Waals surface area contributed by atoms with Crippen LogP contribution in [-0.4, -0.2) is 19.5 Å². The van der Waals surface area contributed by atoms with Gasteiger partial charge in [-0.15, -0.1) is 0 Å². The lowest BCUT2D eigenvalue weighted by molar-refractivity contribution is -0.139. The Kier molecular flexibility index (Phi) is 3.37. The van der Waals surface area contributed by atoms with Crippen LogP contribution in [0.3, 0.4) is 0 Å². The number of imidazole rings is 1. The zero-order valence-electron chi connectivity index (χ0n) is 11.5. The summed E-state index contributed by atoms with van der Waals surface area (Å²) in [6.45, 7) is 1.57. The molecule has 1 atom stereocenters. The normalized spacial score (nSPS) is 13.5. The Morgan fingerprint density at radius 2 is 2.00 bits per heavy atom. The number of hydrogen-bond donors (Lipinski definition) is 1. The fourth-order valence-corrected chi connectivity index (χ4v) is 2.38. The minimum atomic E-state index is -4.54. The number of nitrogens with zero attached hydrogens (tertiary/aromatic N) is 3. The molecular weight excluding hydrogens is 295 g/mol. The summed E-state index contributed by atoms with van der Waals surface area (Å²) in [6.07, 6.45) is -0.135. The van der Waals surface area contributed by atoms with E-state index in [1.165, 1.54) is 29.1 Å². The van der Waals surface area contributed by atoms with Gasteiger partial charge >= 0.3 is 6.18 Å². The van der Waals surface area contributed by atoms with E-state index in [0.717, 1.165) is 6.07 Å². The molecule has 0 saturated heterocycles. The SMILES string of the molecule is Cc1ccc(C(O)c2cnc3cnccn23)c(C(F)(F)F)c1. The molecule has 1 aromatic carbocycles. The average molecular weight is 307 g/mol. The van der Waals surface area contributed by atoms with Gasteiger partial charge in [0.15, 0.2) is 5.65 Å². The van der Waals surface area contributed by atoms with E-state index in [9.17, 15) is 18.3 Å². The summed E-state index contributed by atoms with van der Waals surface area (Å²) in [5.41, 5.74) is 0.148. The maximum atomic E-state index is 13.2. The predicted octanol–water partition coefficient (Wildman–Crippen LogP) is 3.14. The fraction of sp³-hybridized carbons (Fsp3) is 0.200. The van der Waals surface area contributed by atoms with Crippen molar-refractivity contribution >= 4 is 5.65 Å². The van der Waals surface area contributed by atoms with Crippen LogP contribution in [0.4, 0.5) is 13.2 Å². The second-order valence-corrected chi connectivity index (χ2v) is 4.98. The molecule has 2 heterocycles. The lowest BCUT2D eigenvalue weighted by Gasteiger charge is -2.18. The van der Waals surface area contributed by atoms with Crippen LogP contribution >= 0.6 is 0 Å². The molecular formula is C15H12F3N3O. The maximum absolute atomic E-state index is 13.2. The Balaban J connectivity index is 2.15. The van der Waals surface area contributed by atoms with E-state index in [0.29, 0.717) is 11.2 Å². The smallest absolute Gasteiger partial charge is 0.382 e. The van der Waals surface area contributed by atoms with Crippen LogP contribution in [0.5, 0.6) is 0 Å². The monoisotopic (exact) mass is 307 g/mol. The van der Waals surface area contributed by atoms with Gasteiger partial charge in [-0.3, -0.25) is 9.38 Å². The molecule has 0 aliphatic carbocycles. The van der Waals surface area contributed by atoms with Crippen molar-refractivity contribution in [3.63, 3.8) is 0 Å². The highest BCUT2D eigenvalue weighted by Crippen LogP contribution is 2.37. The second kappa shape index (κ2) is 5.10. The Hall–Kier alpha value is -2.41. The van der Waals surface area contributed by atoms with Gasteiger partial charge in [0.25, 0.3) is 0 Å². The van der Waals surface area contributed by atoms with Crippen molar-refractivity contribution in [1.29, 1.82) is 0 Å². The lowest BCUT2D eigenvalue weighted by atomic mass is 9.98. The standard InChI is InChI=1S/C15H12F3N3O/c1-9-2-3-10(11(6-9)15(16,17)18)14(22)12-7-20-13-8-19-4-5-21(12)13/h2-8,14,22H,1H3. The van der Waals surface area contributed by atoms with Gasteiger partial charge in [-0.05, 0) is 18.6 Å². The largest absolute Gasteiger partial charge is 0.416 e. The molecule has 0 fully saturated rings. The van der Waals surface area contributed by atoms with E-state index in [4.69, 9.17) is 0 Å². The molecule has 22 heavy (non-hydrogen) atoms. The average Bonchev–Trinajstić information content (AvgIpc) is 2.89. The predicted molar refractivity (Wildman–Crippen MR) is 73.2 cm³/mol. The molecule has 1 unspecified atom stereocenters. The Bertz CT molecular complexity index is 826. The van der Waals surface area contributed by atoms with Crippen molar-refractivity contribution in [2.75, 3.05) is 0 Å². The number of halogens is 3. The van der Waals surface area contributed by atoms with Gasteiger partial charge in [0.2, 0.25) is 0 Å². The number of fused-ring (bicyclic) bond motifs is 1. The van der Waals surface area contributed by atoms with Gasteiger partial charge in [-0.2, -0.15) is 13.2 Å².